The zero-order valence-electron chi connectivity index (χ0n) is 7.53. The average molecular weight is 225 g/mol. The number of hydrogen-bond donors (Lipinski definition) is 0. The maximum atomic E-state index is 11.0. The van der Waals surface area contributed by atoms with Crippen LogP contribution >= 0.6 is 0 Å². The van der Waals surface area contributed by atoms with E-state index in [-0.39, 0.29) is 22.9 Å². The molecule has 0 saturated carbocycles. The third kappa shape index (κ3) is 4.93. The van der Waals surface area contributed by atoms with E-state index in [0.29, 0.717) is 6.42 Å². The maximum absolute atomic E-state index is 11.0. The first-order valence-electron chi connectivity index (χ1n) is 4.45. The molecule has 0 aromatic rings. The van der Waals surface area contributed by atoms with E-state index in [2.05, 4.69) is 5.92 Å². The second-order valence-corrected chi connectivity index (χ2v) is 3.15. The molecule has 0 heterocycles. The van der Waals surface area contributed by atoms with Gasteiger partial charge in [0.1, 0.15) is 0 Å². The van der Waals surface area contributed by atoms with Gasteiger partial charge in [-0.25, -0.2) is 0 Å². The fraction of sp³-hybridized carbons (Fsp3) is 0.545. The van der Waals surface area contributed by atoms with Crippen LogP contribution in [0, 0.1) is 12.3 Å². The van der Waals surface area contributed by atoms with Gasteiger partial charge in [0, 0.05) is 6.42 Å². The van der Waals surface area contributed by atoms with Gasteiger partial charge < -0.3 is 12.3 Å². The molecule has 0 saturated heterocycles. The van der Waals surface area contributed by atoms with Crippen LogP contribution in [0.25, 0.3) is 0 Å². The van der Waals surface area contributed by atoms with Crippen molar-refractivity contribution in [2.75, 3.05) is 0 Å². The minimum Gasteiger partial charge on any atom is -0.694 e. The largest absolute Gasteiger partial charge is 1.00 e. The molecule has 0 aromatic heterocycles. The van der Waals surface area contributed by atoms with E-state index in [1.807, 2.05) is 0 Å². The standard InChI is InChI=1S/C11H13O.Cu/c1-2-3-4-6-10-7-5-8-11(12)9-10;/h9H,3-8H2;/q-1;+1. The van der Waals surface area contributed by atoms with E-state index >= 15 is 0 Å². The normalized spacial score (nSPS) is 15.6. The van der Waals surface area contributed by atoms with Crippen LogP contribution in [0.4, 0.5) is 0 Å². The van der Waals surface area contributed by atoms with Crippen LogP contribution in [-0.2, 0) is 21.9 Å². The molecule has 0 fully saturated rings. The fourth-order valence-electron chi connectivity index (χ4n) is 1.46. The Hall–Kier alpha value is -0.511. The van der Waals surface area contributed by atoms with Gasteiger partial charge in [0.2, 0.25) is 0 Å². The summed E-state index contributed by atoms with van der Waals surface area (Å²) in [5.74, 6) is 2.63. The van der Waals surface area contributed by atoms with Crippen molar-refractivity contribution in [1.82, 2.24) is 0 Å². The van der Waals surface area contributed by atoms with Crippen molar-refractivity contribution in [3.8, 4) is 5.92 Å². The Morgan fingerprint density at radius 2 is 2.23 bits per heavy atom. The van der Waals surface area contributed by atoms with E-state index in [1.165, 1.54) is 5.57 Å². The molecule has 2 heteroatoms. The van der Waals surface area contributed by atoms with Gasteiger partial charge in [-0.15, -0.1) is 0 Å². The molecule has 1 aliphatic carbocycles. The molecule has 0 amide bonds. The number of ketones is 1. The molecule has 74 valence electrons. The van der Waals surface area contributed by atoms with Crippen LogP contribution in [0.15, 0.2) is 11.6 Å². The van der Waals surface area contributed by atoms with Crippen molar-refractivity contribution < 1.29 is 21.9 Å². The molecular formula is C11H13CuO. The second-order valence-electron chi connectivity index (χ2n) is 3.15. The van der Waals surface area contributed by atoms with E-state index in [1.54, 1.807) is 6.08 Å². The third-order valence-corrected chi connectivity index (χ3v) is 2.09. The molecule has 1 rings (SSSR count). The Labute approximate surface area is 90.4 Å². The summed E-state index contributed by atoms with van der Waals surface area (Å²) in [5, 5.41) is 0. The van der Waals surface area contributed by atoms with Crippen molar-refractivity contribution in [1.29, 1.82) is 0 Å². The molecule has 1 nitrogen and oxygen atoms in total. The van der Waals surface area contributed by atoms with Crippen molar-refractivity contribution in [3.63, 3.8) is 0 Å². The molecule has 0 bridgehead atoms. The summed E-state index contributed by atoms with van der Waals surface area (Å²) in [7, 11) is 0. The zero-order chi connectivity index (χ0) is 8.81. The summed E-state index contributed by atoms with van der Waals surface area (Å²) in [6.07, 6.45) is 14.0. The fourth-order valence-corrected chi connectivity index (χ4v) is 1.46. The maximum Gasteiger partial charge on any atom is 1.00 e. The molecule has 0 unspecified atom stereocenters. The monoisotopic (exact) mass is 224 g/mol. The Balaban J connectivity index is 0.00000144. The van der Waals surface area contributed by atoms with Gasteiger partial charge in [-0.05, 0) is 38.2 Å². The van der Waals surface area contributed by atoms with Gasteiger partial charge in [0.25, 0.3) is 0 Å². The molecule has 0 atom stereocenters. The van der Waals surface area contributed by atoms with Gasteiger partial charge in [-0.3, -0.25) is 4.79 Å². The summed E-state index contributed by atoms with van der Waals surface area (Å²) < 4.78 is 0. The van der Waals surface area contributed by atoms with Crippen LogP contribution in [0.1, 0.15) is 38.5 Å². The van der Waals surface area contributed by atoms with Gasteiger partial charge in [-0.1, -0.05) is 5.57 Å². The number of carbonyl (C=O) groups is 1. The summed E-state index contributed by atoms with van der Waals surface area (Å²) in [6.45, 7) is 0. The number of unbranched alkanes of at least 4 members (excludes halogenated alkanes) is 1. The molecule has 0 radical (unpaired) electrons. The van der Waals surface area contributed by atoms with Gasteiger partial charge >= 0.3 is 17.1 Å². The first-order chi connectivity index (χ1) is 5.83. The van der Waals surface area contributed by atoms with Crippen molar-refractivity contribution in [2.24, 2.45) is 0 Å². The molecule has 0 spiro atoms. The van der Waals surface area contributed by atoms with Gasteiger partial charge in [0.05, 0.1) is 0 Å². The summed E-state index contributed by atoms with van der Waals surface area (Å²) >= 11 is 0. The first kappa shape index (κ1) is 12.5. The molecular weight excluding hydrogens is 212 g/mol. The summed E-state index contributed by atoms with van der Waals surface area (Å²) in [4.78, 5) is 11.0. The molecule has 0 aromatic carbocycles. The smallest absolute Gasteiger partial charge is 0.694 e. The van der Waals surface area contributed by atoms with Crippen molar-refractivity contribution >= 4 is 5.78 Å². The third-order valence-electron chi connectivity index (χ3n) is 2.09. The number of carbonyl (C=O) groups excluding carboxylic acids is 1. The van der Waals surface area contributed by atoms with Crippen LogP contribution in [0.5, 0.6) is 0 Å². The predicted molar refractivity (Wildman–Crippen MR) is 47.9 cm³/mol. The second kappa shape index (κ2) is 6.95. The van der Waals surface area contributed by atoms with E-state index < -0.39 is 0 Å². The van der Waals surface area contributed by atoms with Crippen LogP contribution in [0.2, 0.25) is 0 Å². The molecule has 0 N–H and O–H groups in total. The molecule has 0 aliphatic heterocycles. The quantitative estimate of drug-likeness (QED) is 0.312. The van der Waals surface area contributed by atoms with E-state index in [9.17, 15) is 4.79 Å². The molecule has 1 aliphatic rings. The average Bonchev–Trinajstić information content (AvgIpc) is 2.05. The topological polar surface area (TPSA) is 17.1 Å². The number of hydrogen-bond acceptors (Lipinski definition) is 1. The van der Waals surface area contributed by atoms with Crippen molar-refractivity contribution in [2.45, 2.75) is 38.5 Å². The summed E-state index contributed by atoms with van der Waals surface area (Å²) in [5.41, 5.74) is 1.27. The van der Waals surface area contributed by atoms with Gasteiger partial charge in [0.15, 0.2) is 5.78 Å². The SMILES string of the molecule is [C-]#CCCCC1=CC(=O)CCC1.[Cu+]. The Kier molecular flexibility index (Phi) is 6.67. The van der Waals surface area contributed by atoms with E-state index in [0.717, 1.165) is 32.1 Å². The van der Waals surface area contributed by atoms with E-state index in [4.69, 9.17) is 6.42 Å². The van der Waals surface area contributed by atoms with Crippen LogP contribution in [-0.4, -0.2) is 5.78 Å². The minimum atomic E-state index is 0. The number of rotatable bonds is 3. The summed E-state index contributed by atoms with van der Waals surface area (Å²) in [6, 6.07) is 0. The Bertz CT molecular complexity index is 235. The molecule has 13 heavy (non-hydrogen) atoms. The van der Waals surface area contributed by atoms with Crippen LogP contribution < -0.4 is 0 Å². The number of allylic oxidation sites excluding steroid dienone is 2. The predicted octanol–water partition coefficient (Wildman–Crippen LogP) is 2.42. The zero-order valence-corrected chi connectivity index (χ0v) is 8.47. The van der Waals surface area contributed by atoms with Gasteiger partial charge in [-0.2, -0.15) is 0 Å². The Morgan fingerprint density at radius 1 is 1.46 bits per heavy atom. The van der Waals surface area contributed by atoms with Crippen LogP contribution in [0.3, 0.4) is 0 Å². The Morgan fingerprint density at radius 3 is 2.85 bits per heavy atom. The minimum absolute atomic E-state index is 0. The first-order valence-corrected chi connectivity index (χ1v) is 4.45. The van der Waals surface area contributed by atoms with Crippen molar-refractivity contribution in [3.05, 3.63) is 18.1 Å².